The first-order valence-corrected chi connectivity index (χ1v) is 11.4. The van der Waals surface area contributed by atoms with Gasteiger partial charge in [0.25, 0.3) is 0 Å². The Labute approximate surface area is 213 Å². The van der Waals surface area contributed by atoms with Gasteiger partial charge >= 0.3 is 5.97 Å². The van der Waals surface area contributed by atoms with E-state index in [9.17, 15) is 33.6 Å². The molecule has 0 radical (unpaired) electrons. The van der Waals surface area contributed by atoms with Gasteiger partial charge in [-0.2, -0.15) is 0 Å². The number of amides is 6. The zero-order valence-corrected chi connectivity index (χ0v) is 20.6. The highest BCUT2D eigenvalue weighted by Gasteiger charge is 2.22. The van der Waals surface area contributed by atoms with E-state index >= 15 is 0 Å². The highest BCUT2D eigenvalue weighted by molar-refractivity contribution is 5.93. The molecule has 0 saturated heterocycles. The lowest BCUT2D eigenvalue weighted by molar-refractivity contribution is -0.140. The maximum Gasteiger partial charge on any atom is 0.304 e. The van der Waals surface area contributed by atoms with E-state index in [-0.39, 0.29) is 19.4 Å². The number of carbonyl (C=O) groups is 7. The zero-order chi connectivity index (χ0) is 27.8. The molecule has 1 aromatic rings. The van der Waals surface area contributed by atoms with Crippen LogP contribution in [0.15, 0.2) is 30.3 Å². The standard InChI is InChI=1S/C23H32N6O8/c1-14(8-21(34)35)22(36)27-12-19(32)25-11-18(31)26-13-20(33)29-16(9-15-6-4-3-5-7-15)23(37)28-10-17(30)24-2/h3-7,14,16H,8-13H2,1-2H3,(H,24,30)(H,25,32)(H,26,31)(H,27,36)(H,28,37)(H,29,33)(H,34,35). The smallest absolute Gasteiger partial charge is 0.304 e. The van der Waals surface area contributed by atoms with Crippen molar-refractivity contribution < 1.29 is 38.7 Å². The minimum absolute atomic E-state index is 0.146. The van der Waals surface area contributed by atoms with Gasteiger partial charge in [0.05, 0.1) is 32.6 Å². The van der Waals surface area contributed by atoms with E-state index in [0.29, 0.717) is 0 Å². The molecule has 0 heterocycles. The number of aliphatic carboxylic acids is 1. The summed E-state index contributed by atoms with van der Waals surface area (Å²) in [4.78, 5) is 82.4. The monoisotopic (exact) mass is 520 g/mol. The summed E-state index contributed by atoms with van der Waals surface area (Å²) >= 11 is 0. The Balaban J connectivity index is 2.48. The molecule has 0 aliphatic rings. The molecule has 202 valence electrons. The summed E-state index contributed by atoms with van der Waals surface area (Å²) < 4.78 is 0. The zero-order valence-electron chi connectivity index (χ0n) is 20.6. The van der Waals surface area contributed by atoms with Crippen molar-refractivity contribution in [2.45, 2.75) is 25.8 Å². The summed E-state index contributed by atoms with van der Waals surface area (Å²) in [5.41, 5.74) is 0.763. The summed E-state index contributed by atoms with van der Waals surface area (Å²) in [5.74, 6) is -5.66. The molecule has 0 aliphatic heterocycles. The molecule has 0 spiro atoms. The van der Waals surface area contributed by atoms with Crippen LogP contribution in [0.5, 0.6) is 0 Å². The number of carboxylic acid groups (broad SMARTS) is 1. The van der Waals surface area contributed by atoms with Gasteiger partial charge in [-0.1, -0.05) is 37.3 Å². The molecule has 0 fully saturated rings. The van der Waals surface area contributed by atoms with Crippen LogP contribution in [0, 0.1) is 5.92 Å². The van der Waals surface area contributed by atoms with E-state index in [1.807, 2.05) is 0 Å². The first-order chi connectivity index (χ1) is 17.5. The molecule has 14 nitrogen and oxygen atoms in total. The molecule has 37 heavy (non-hydrogen) atoms. The third-order valence-corrected chi connectivity index (χ3v) is 4.88. The molecule has 7 N–H and O–H groups in total. The van der Waals surface area contributed by atoms with E-state index < -0.39 is 73.0 Å². The Kier molecular flexibility index (Phi) is 13.4. The Bertz CT molecular complexity index is 985. The molecule has 2 unspecified atom stereocenters. The van der Waals surface area contributed by atoms with Crippen LogP contribution in [0.2, 0.25) is 0 Å². The van der Waals surface area contributed by atoms with Crippen LogP contribution < -0.4 is 31.9 Å². The third kappa shape index (κ3) is 13.2. The molecular weight excluding hydrogens is 488 g/mol. The number of nitrogens with one attached hydrogen (secondary N) is 6. The fraction of sp³-hybridized carbons (Fsp3) is 0.435. The topological polar surface area (TPSA) is 212 Å². The van der Waals surface area contributed by atoms with Crippen molar-refractivity contribution in [2.24, 2.45) is 5.92 Å². The summed E-state index contributed by atoms with van der Waals surface area (Å²) in [5, 5.41) is 22.8. The number of carbonyl (C=O) groups excluding carboxylic acids is 6. The summed E-state index contributed by atoms with van der Waals surface area (Å²) in [7, 11) is 1.42. The maximum atomic E-state index is 12.5. The molecule has 14 heteroatoms. The van der Waals surface area contributed by atoms with Gasteiger partial charge in [0.1, 0.15) is 6.04 Å². The minimum atomic E-state index is -1.15. The van der Waals surface area contributed by atoms with Gasteiger partial charge in [-0.15, -0.1) is 0 Å². The first kappa shape index (κ1) is 30.5. The van der Waals surface area contributed by atoms with Crippen molar-refractivity contribution in [3.05, 3.63) is 35.9 Å². The molecule has 0 aliphatic carbocycles. The van der Waals surface area contributed by atoms with Crippen LogP contribution in [0.3, 0.4) is 0 Å². The highest BCUT2D eigenvalue weighted by Crippen LogP contribution is 2.04. The van der Waals surface area contributed by atoms with Gasteiger partial charge in [-0.05, 0) is 5.56 Å². The van der Waals surface area contributed by atoms with Gasteiger partial charge in [0.15, 0.2) is 0 Å². The van der Waals surface area contributed by atoms with Gasteiger partial charge in [-0.25, -0.2) is 0 Å². The molecule has 1 aromatic carbocycles. The number of carboxylic acids is 1. The second-order valence-corrected chi connectivity index (χ2v) is 7.97. The lowest BCUT2D eigenvalue weighted by Crippen LogP contribution is -2.52. The number of benzene rings is 1. The summed E-state index contributed by atoms with van der Waals surface area (Å²) in [6, 6.07) is 7.87. The van der Waals surface area contributed by atoms with Crippen LogP contribution in [-0.2, 0) is 40.0 Å². The lowest BCUT2D eigenvalue weighted by atomic mass is 10.1. The minimum Gasteiger partial charge on any atom is -0.481 e. The van der Waals surface area contributed by atoms with Crippen molar-refractivity contribution in [1.82, 2.24) is 31.9 Å². The van der Waals surface area contributed by atoms with E-state index in [4.69, 9.17) is 5.11 Å². The Morgan fingerprint density at radius 1 is 0.730 bits per heavy atom. The SMILES string of the molecule is CNC(=O)CNC(=O)C(Cc1ccccc1)NC(=O)CNC(=O)CNC(=O)CNC(=O)C(C)CC(=O)O. The molecule has 0 saturated carbocycles. The van der Waals surface area contributed by atoms with Crippen LogP contribution in [-0.4, -0.2) is 85.8 Å². The quantitative estimate of drug-likeness (QED) is 0.127. The fourth-order valence-electron chi connectivity index (χ4n) is 2.86. The summed E-state index contributed by atoms with van der Waals surface area (Å²) in [6.07, 6.45) is -0.243. The van der Waals surface area contributed by atoms with Crippen LogP contribution in [0.25, 0.3) is 0 Å². The lowest BCUT2D eigenvalue weighted by Gasteiger charge is -2.19. The van der Waals surface area contributed by atoms with Gasteiger partial charge in [0.2, 0.25) is 35.4 Å². The second-order valence-electron chi connectivity index (χ2n) is 7.97. The van der Waals surface area contributed by atoms with Crippen molar-refractivity contribution in [3.63, 3.8) is 0 Å². The average Bonchev–Trinajstić information content (AvgIpc) is 2.87. The summed E-state index contributed by atoms with van der Waals surface area (Å²) in [6.45, 7) is -0.288. The normalized spacial score (nSPS) is 11.7. The molecule has 1 rings (SSSR count). The van der Waals surface area contributed by atoms with Crippen molar-refractivity contribution in [2.75, 3.05) is 33.2 Å². The number of hydrogen-bond acceptors (Lipinski definition) is 7. The highest BCUT2D eigenvalue weighted by atomic mass is 16.4. The van der Waals surface area contributed by atoms with Crippen molar-refractivity contribution in [3.8, 4) is 0 Å². The van der Waals surface area contributed by atoms with Crippen molar-refractivity contribution >= 4 is 41.4 Å². The number of hydrogen-bond donors (Lipinski definition) is 7. The van der Waals surface area contributed by atoms with Gasteiger partial charge in [-0.3, -0.25) is 33.6 Å². The predicted molar refractivity (Wildman–Crippen MR) is 130 cm³/mol. The van der Waals surface area contributed by atoms with E-state index in [1.165, 1.54) is 14.0 Å². The van der Waals surface area contributed by atoms with Crippen molar-refractivity contribution in [1.29, 1.82) is 0 Å². The molecule has 0 aromatic heterocycles. The molecule has 0 bridgehead atoms. The van der Waals surface area contributed by atoms with Gasteiger partial charge < -0.3 is 37.0 Å². The predicted octanol–water partition coefficient (Wildman–Crippen LogP) is -2.96. The number of rotatable bonds is 15. The third-order valence-electron chi connectivity index (χ3n) is 4.88. The fourth-order valence-corrected chi connectivity index (χ4v) is 2.86. The van der Waals surface area contributed by atoms with E-state index in [1.54, 1.807) is 30.3 Å². The van der Waals surface area contributed by atoms with Crippen LogP contribution in [0.4, 0.5) is 0 Å². The first-order valence-electron chi connectivity index (χ1n) is 11.4. The van der Waals surface area contributed by atoms with E-state index in [2.05, 4.69) is 31.9 Å². The Morgan fingerprint density at radius 2 is 1.24 bits per heavy atom. The second kappa shape index (κ2) is 16.2. The molecule has 2 atom stereocenters. The number of likely N-dealkylation sites (N-methyl/N-ethyl adjacent to an activating group) is 1. The Hall–Kier alpha value is -4.49. The largest absolute Gasteiger partial charge is 0.481 e. The Morgan fingerprint density at radius 3 is 1.81 bits per heavy atom. The molecule has 6 amide bonds. The van der Waals surface area contributed by atoms with Crippen LogP contribution >= 0.6 is 0 Å². The van der Waals surface area contributed by atoms with Crippen LogP contribution in [0.1, 0.15) is 18.9 Å². The maximum absolute atomic E-state index is 12.5. The van der Waals surface area contributed by atoms with Gasteiger partial charge in [0, 0.05) is 19.4 Å². The average molecular weight is 521 g/mol. The van der Waals surface area contributed by atoms with E-state index in [0.717, 1.165) is 5.56 Å². The molecular formula is C23H32N6O8.